The Labute approximate surface area is 54.4 Å². The van der Waals surface area contributed by atoms with E-state index in [9.17, 15) is 0 Å². The van der Waals surface area contributed by atoms with Crippen molar-refractivity contribution in [2.45, 2.75) is 38.9 Å². The van der Waals surface area contributed by atoms with E-state index in [4.69, 9.17) is 6.23 Å². The Morgan fingerprint density at radius 1 is 1.38 bits per heavy atom. The topological polar surface area (TPSA) is 20.2 Å². The van der Waals surface area contributed by atoms with E-state index < -0.39 is 8.32 Å². The first-order chi connectivity index (χ1) is 3.81. The van der Waals surface area contributed by atoms with E-state index in [0.29, 0.717) is 0 Å². The van der Waals surface area contributed by atoms with Gasteiger partial charge in [0.05, 0.1) is 0 Å². The van der Waals surface area contributed by atoms with E-state index in [1.54, 1.807) is 0 Å². The molecule has 0 heterocycles. The fraction of sp³-hybridized carbons (Fsp3) is 1.00. The van der Waals surface area contributed by atoms with Crippen LogP contribution in [0, 0.1) is 0 Å². The predicted molar refractivity (Wildman–Crippen MR) is 39.4 cm³/mol. The van der Waals surface area contributed by atoms with Crippen LogP contribution in [0.1, 0.15) is 20.8 Å². The largest absolute Gasteiger partial charge is 0.432 e. The molecule has 0 aliphatic heterocycles. The Hall–Kier alpha value is 0.177. The third-order valence-corrected chi connectivity index (χ3v) is 5.42. The van der Waals surface area contributed by atoms with Crippen molar-refractivity contribution < 1.29 is 4.80 Å². The molecule has 0 rings (SSSR count). The molecule has 1 N–H and O–H groups in total. The zero-order valence-corrected chi connectivity index (χ0v) is 7.41. The maximum absolute atomic E-state index is 6.82. The van der Waals surface area contributed by atoms with Gasteiger partial charge >= 0.3 is 0 Å². The van der Waals surface area contributed by atoms with Crippen LogP contribution in [0.5, 0.6) is 0 Å². The summed E-state index contributed by atoms with van der Waals surface area (Å²) in [6, 6.07) is 0. The highest BCUT2D eigenvalue weighted by Gasteiger charge is 2.32. The van der Waals surface area contributed by atoms with Crippen LogP contribution < -0.4 is 0 Å². The standard InChI is InChI=1S/C6H16OSi/c1-6(2,3)8(4,5)7/h7H,1-5H3/i7T. The third kappa shape index (κ3) is 1.97. The van der Waals surface area contributed by atoms with E-state index >= 15 is 0 Å². The number of hydrogen-bond acceptors (Lipinski definition) is 1. The minimum absolute atomic E-state index is 0.175. The summed E-state index contributed by atoms with van der Waals surface area (Å²) < 4.78 is 6.82. The summed E-state index contributed by atoms with van der Waals surface area (Å²) in [5, 5.41) is 0.175. The molecule has 0 fully saturated rings. The van der Waals surface area contributed by atoms with Gasteiger partial charge in [-0.1, -0.05) is 20.8 Å². The van der Waals surface area contributed by atoms with Crippen molar-refractivity contribution in [2.75, 3.05) is 0 Å². The highest BCUT2D eigenvalue weighted by atomic mass is 28.4. The van der Waals surface area contributed by atoms with Gasteiger partial charge in [0.15, 0.2) is 9.75 Å². The van der Waals surface area contributed by atoms with Crippen LogP contribution >= 0.6 is 0 Å². The van der Waals surface area contributed by atoms with Crippen molar-refractivity contribution in [3.05, 3.63) is 0 Å². The summed E-state index contributed by atoms with van der Waals surface area (Å²) in [7, 11) is -1.71. The maximum atomic E-state index is 6.82. The molecule has 2 heteroatoms. The van der Waals surface area contributed by atoms with Gasteiger partial charge in [-0.25, -0.2) is 0 Å². The van der Waals surface area contributed by atoms with E-state index in [2.05, 4.69) is 33.9 Å². The monoisotopic (exact) mass is 134 g/mol. The van der Waals surface area contributed by atoms with Crippen LogP contribution in [0.25, 0.3) is 0 Å². The highest BCUT2D eigenvalue weighted by Crippen LogP contribution is 2.33. The van der Waals surface area contributed by atoms with Gasteiger partial charge in [-0.3, -0.25) is 0 Å². The maximum Gasteiger partial charge on any atom is 0.193 e. The first-order valence-electron chi connectivity index (χ1n) is 3.36. The molecule has 0 aromatic rings. The molecule has 0 aliphatic carbocycles. The Morgan fingerprint density at radius 2 is 1.75 bits per heavy atom. The molecular formula is C6H16OSi. The van der Waals surface area contributed by atoms with Crippen molar-refractivity contribution >= 4 is 8.32 Å². The van der Waals surface area contributed by atoms with Gasteiger partial charge < -0.3 is 4.80 Å². The summed E-state index contributed by atoms with van der Waals surface area (Å²) in [5.41, 5.74) is 0. The van der Waals surface area contributed by atoms with Crippen LogP contribution in [0.15, 0.2) is 0 Å². The van der Waals surface area contributed by atoms with Gasteiger partial charge in [0.25, 0.3) is 0 Å². The van der Waals surface area contributed by atoms with Gasteiger partial charge in [0.1, 0.15) is 0 Å². The van der Waals surface area contributed by atoms with Crippen LogP contribution in [0.2, 0.25) is 18.1 Å². The van der Waals surface area contributed by atoms with Crippen molar-refractivity contribution in [3.63, 3.8) is 0 Å². The molecule has 0 saturated carbocycles. The molecule has 0 amide bonds. The molecule has 0 bridgehead atoms. The average molecular weight is 134 g/mol. The first-order valence-corrected chi connectivity index (χ1v) is 5.86. The summed E-state index contributed by atoms with van der Waals surface area (Å²) >= 11 is 0. The molecular weight excluding hydrogens is 116 g/mol. The number of hydrogen-bond donors (Lipinski definition) is 1. The van der Waals surface area contributed by atoms with Gasteiger partial charge in [-0.2, -0.15) is 0 Å². The Bertz CT molecular complexity index is 95.7. The fourth-order valence-electron chi connectivity index (χ4n) is 0. The van der Waals surface area contributed by atoms with Gasteiger partial charge in [-0.05, 0) is 18.1 Å². The van der Waals surface area contributed by atoms with Crippen LogP contribution in [-0.2, 0) is 0 Å². The fourth-order valence-corrected chi connectivity index (χ4v) is 0. The second-order valence-corrected chi connectivity index (χ2v) is 8.28. The lowest BCUT2D eigenvalue weighted by Crippen LogP contribution is -2.36. The van der Waals surface area contributed by atoms with Gasteiger partial charge in [0.2, 0.25) is 0 Å². The van der Waals surface area contributed by atoms with Crippen molar-refractivity contribution in [1.29, 1.82) is 1.43 Å². The lowest BCUT2D eigenvalue weighted by molar-refractivity contribution is 0.487. The molecule has 0 aromatic heterocycles. The smallest absolute Gasteiger partial charge is 0.193 e. The van der Waals surface area contributed by atoms with Crippen molar-refractivity contribution in [2.24, 2.45) is 0 Å². The summed E-state index contributed by atoms with van der Waals surface area (Å²) in [4.78, 5) is 4.69. The molecule has 0 radical (unpaired) electrons. The quantitative estimate of drug-likeness (QED) is 0.544. The Balaban J connectivity index is 4.14. The zero-order chi connectivity index (χ0) is 7.71. The minimum atomic E-state index is -1.71. The molecule has 0 atom stereocenters. The predicted octanol–water partition coefficient (Wildman–Crippen LogP) is 1.98. The zero-order valence-electron chi connectivity index (χ0n) is 7.41. The van der Waals surface area contributed by atoms with E-state index in [0.717, 1.165) is 0 Å². The molecule has 8 heavy (non-hydrogen) atoms. The van der Waals surface area contributed by atoms with E-state index in [1.807, 2.05) is 0 Å². The summed E-state index contributed by atoms with van der Waals surface area (Å²) in [5.74, 6) is 0. The molecule has 50 valence electrons. The average Bonchev–Trinajstić information content (AvgIpc) is 1.64. The first kappa shape index (κ1) is 6.30. The molecule has 0 aliphatic rings. The molecule has 0 unspecified atom stereocenters. The number of rotatable bonds is 1. The molecule has 1 nitrogen and oxygen atoms in total. The van der Waals surface area contributed by atoms with E-state index in [-0.39, 0.29) is 5.04 Å². The van der Waals surface area contributed by atoms with Crippen LogP contribution in [0.4, 0.5) is 0 Å². The highest BCUT2D eigenvalue weighted by molar-refractivity contribution is 6.72. The second-order valence-electron chi connectivity index (χ2n) is 3.76. The third-order valence-electron chi connectivity index (χ3n) is 1.81. The Morgan fingerprint density at radius 3 is 1.75 bits per heavy atom. The molecule has 0 aromatic carbocycles. The Kier molecular flexibility index (Phi) is 1.45. The summed E-state index contributed by atoms with van der Waals surface area (Å²) in [6.07, 6.45) is 0. The van der Waals surface area contributed by atoms with Crippen molar-refractivity contribution in [1.82, 2.24) is 0 Å². The van der Waals surface area contributed by atoms with Crippen molar-refractivity contribution in [3.8, 4) is 0 Å². The normalized spacial score (nSPS) is 15.9. The summed E-state index contributed by atoms with van der Waals surface area (Å²) in [6.45, 7) is 10.5. The SMILES string of the molecule is [3H]O[Si](C)(C)C(C)(C)C. The second kappa shape index (κ2) is 1.85. The van der Waals surface area contributed by atoms with Crippen LogP contribution in [0.3, 0.4) is 0 Å². The lowest BCUT2D eigenvalue weighted by atomic mass is 10.2. The van der Waals surface area contributed by atoms with Crippen LogP contribution in [-0.4, -0.2) is 14.5 Å². The van der Waals surface area contributed by atoms with Gasteiger partial charge in [-0.15, -0.1) is 0 Å². The molecule has 0 saturated heterocycles. The minimum Gasteiger partial charge on any atom is -0.432 e. The van der Waals surface area contributed by atoms with Gasteiger partial charge in [0, 0.05) is 0 Å². The lowest BCUT2D eigenvalue weighted by Gasteiger charge is -2.30. The molecule has 0 spiro atoms. The van der Waals surface area contributed by atoms with E-state index in [1.165, 1.54) is 0 Å².